The molecule has 0 radical (unpaired) electrons. The van der Waals surface area contributed by atoms with Crippen LogP contribution in [0.5, 0.6) is 0 Å². The molecule has 1 atom stereocenters. The molecule has 1 fully saturated rings. The van der Waals surface area contributed by atoms with Gasteiger partial charge in [-0.3, -0.25) is 4.79 Å². The second-order valence-corrected chi connectivity index (χ2v) is 14.3. The van der Waals surface area contributed by atoms with Crippen LogP contribution in [0.15, 0.2) is 89.7 Å². The number of hydrogen-bond donors (Lipinski definition) is 1. The monoisotopic (exact) mass is 444 g/mol. The number of aliphatic hydroxyl groups is 1. The molecule has 3 heteroatoms. The van der Waals surface area contributed by atoms with Gasteiger partial charge in [-0.2, -0.15) is 0 Å². The van der Waals surface area contributed by atoms with Crippen LogP contribution < -0.4 is 10.4 Å². The minimum absolute atomic E-state index is 0.0612. The zero-order valence-corrected chi connectivity index (χ0v) is 20.9. The van der Waals surface area contributed by atoms with Crippen LogP contribution in [0.2, 0.25) is 5.04 Å². The third-order valence-corrected chi connectivity index (χ3v) is 12.2. The highest BCUT2D eigenvalue weighted by Crippen LogP contribution is 2.38. The predicted molar refractivity (Wildman–Crippen MR) is 137 cm³/mol. The predicted octanol–water partition coefficient (Wildman–Crippen LogP) is 5.51. The molecule has 3 rings (SSSR count). The number of benzene rings is 2. The maximum Gasteiger partial charge on any atom is 0.205 e. The van der Waals surface area contributed by atoms with Crippen molar-refractivity contribution in [3.63, 3.8) is 0 Å². The standard InChI is InChI=1S/C29H36O2Si/c1-5-15-27(30)26(22-23-16-9-6-10-17-23)28(31)32(29(2,3)4,24-18-11-7-12-19-24)25-20-13-8-14-21-25/h5,7-8,11-15,18-21,27,30H,6,9-10,16-17H2,1-4H3/b15-5+. The Balaban J connectivity index is 2.36. The molecule has 0 bridgehead atoms. The molecule has 1 aliphatic carbocycles. The van der Waals surface area contributed by atoms with E-state index in [9.17, 15) is 9.90 Å². The van der Waals surface area contributed by atoms with Crippen LogP contribution in [-0.4, -0.2) is 24.7 Å². The summed E-state index contributed by atoms with van der Waals surface area (Å²) in [6.45, 7) is 8.39. The first-order chi connectivity index (χ1) is 15.3. The van der Waals surface area contributed by atoms with Crippen molar-refractivity contribution in [2.45, 2.75) is 70.9 Å². The van der Waals surface area contributed by atoms with Gasteiger partial charge in [0.15, 0.2) is 5.41 Å². The molecule has 32 heavy (non-hydrogen) atoms. The van der Waals surface area contributed by atoms with Gasteiger partial charge in [0.2, 0.25) is 8.07 Å². The first-order valence-corrected chi connectivity index (χ1v) is 13.8. The van der Waals surface area contributed by atoms with Crippen LogP contribution in [0.3, 0.4) is 0 Å². The van der Waals surface area contributed by atoms with Gasteiger partial charge >= 0.3 is 0 Å². The Bertz CT molecular complexity index is 959. The van der Waals surface area contributed by atoms with E-state index >= 15 is 0 Å². The van der Waals surface area contributed by atoms with Crippen molar-refractivity contribution in [3.05, 3.63) is 89.7 Å². The van der Waals surface area contributed by atoms with Gasteiger partial charge in [0.1, 0.15) is 6.10 Å². The SMILES string of the molecule is C/C=C/C(O)C(=C=C1CCCCC1)C(=O)[Si](c1ccccc1)(c1ccccc1)C(C)(C)C. The first-order valence-electron chi connectivity index (χ1n) is 11.8. The number of hydrogen-bond acceptors (Lipinski definition) is 2. The summed E-state index contributed by atoms with van der Waals surface area (Å²) in [6.07, 6.45) is 7.97. The number of allylic oxidation sites excluding steroid dienone is 1. The molecule has 1 aliphatic rings. The Morgan fingerprint density at radius 2 is 1.44 bits per heavy atom. The Labute approximate surface area is 194 Å². The molecule has 2 nitrogen and oxygen atoms in total. The number of rotatable bonds is 6. The third kappa shape index (κ3) is 4.81. The minimum Gasteiger partial charge on any atom is -0.384 e. The van der Waals surface area contributed by atoms with Gasteiger partial charge < -0.3 is 5.11 Å². The van der Waals surface area contributed by atoms with E-state index in [-0.39, 0.29) is 10.4 Å². The summed E-state index contributed by atoms with van der Waals surface area (Å²) in [5.74, 6) is 0. The second-order valence-electron chi connectivity index (χ2n) is 9.73. The van der Waals surface area contributed by atoms with E-state index in [1.165, 1.54) is 12.0 Å². The van der Waals surface area contributed by atoms with Crippen molar-refractivity contribution < 1.29 is 9.90 Å². The summed E-state index contributed by atoms with van der Waals surface area (Å²) in [5.41, 5.74) is 5.07. The molecular weight excluding hydrogens is 408 g/mol. The molecule has 2 aromatic rings. The van der Waals surface area contributed by atoms with E-state index in [1.54, 1.807) is 6.08 Å². The molecule has 2 aromatic carbocycles. The Morgan fingerprint density at radius 3 is 1.88 bits per heavy atom. The molecule has 0 saturated heterocycles. The smallest absolute Gasteiger partial charge is 0.205 e. The number of carbonyl (C=O) groups is 1. The van der Waals surface area contributed by atoms with E-state index in [2.05, 4.69) is 50.8 Å². The summed E-state index contributed by atoms with van der Waals surface area (Å²) < 4.78 is 0. The lowest BCUT2D eigenvalue weighted by atomic mass is 9.94. The molecule has 1 saturated carbocycles. The van der Waals surface area contributed by atoms with Crippen LogP contribution in [0, 0.1) is 0 Å². The molecule has 0 amide bonds. The zero-order valence-electron chi connectivity index (χ0n) is 19.9. The first kappa shape index (κ1) is 24.2. The van der Waals surface area contributed by atoms with Crippen molar-refractivity contribution in [2.75, 3.05) is 0 Å². The van der Waals surface area contributed by atoms with Gasteiger partial charge in [-0.05, 0) is 53.6 Å². The normalized spacial score (nSPS) is 16.0. The van der Waals surface area contributed by atoms with Crippen LogP contribution in [0.25, 0.3) is 0 Å². The van der Waals surface area contributed by atoms with Gasteiger partial charge in [0.05, 0.1) is 5.57 Å². The third-order valence-electron chi connectivity index (χ3n) is 6.56. The van der Waals surface area contributed by atoms with Crippen molar-refractivity contribution in [3.8, 4) is 0 Å². The largest absolute Gasteiger partial charge is 0.384 e. The van der Waals surface area contributed by atoms with Gasteiger partial charge in [0.25, 0.3) is 0 Å². The summed E-state index contributed by atoms with van der Waals surface area (Å²) in [5, 5.41) is 13.0. The van der Waals surface area contributed by atoms with Crippen molar-refractivity contribution in [2.24, 2.45) is 0 Å². The Morgan fingerprint density at radius 1 is 0.938 bits per heavy atom. The molecule has 0 heterocycles. The van der Waals surface area contributed by atoms with Gasteiger partial charge in [0, 0.05) is 0 Å². The van der Waals surface area contributed by atoms with E-state index in [1.807, 2.05) is 49.4 Å². The highest BCUT2D eigenvalue weighted by Gasteiger charge is 2.55. The average Bonchev–Trinajstić information content (AvgIpc) is 2.79. The lowest BCUT2D eigenvalue weighted by molar-refractivity contribution is -0.110. The Hall–Kier alpha value is -2.45. The van der Waals surface area contributed by atoms with E-state index in [0.717, 1.165) is 36.1 Å². The van der Waals surface area contributed by atoms with Crippen molar-refractivity contribution in [1.29, 1.82) is 0 Å². The summed E-state index contributed by atoms with van der Waals surface area (Å²) in [6, 6.07) is 20.4. The zero-order chi connectivity index (χ0) is 23.2. The van der Waals surface area contributed by atoms with Gasteiger partial charge in [-0.25, -0.2) is 0 Å². The molecule has 168 valence electrons. The maximum absolute atomic E-state index is 14.8. The maximum atomic E-state index is 14.8. The average molecular weight is 445 g/mol. The highest BCUT2D eigenvalue weighted by molar-refractivity contribution is 7.25. The fourth-order valence-corrected chi connectivity index (χ4v) is 10.3. The summed E-state index contributed by atoms with van der Waals surface area (Å²) in [7, 11) is -3.04. The van der Waals surface area contributed by atoms with Crippen LogP contribution >= 0.6 is 0 Å². The lowest BCUT2D eigenvalue weighted by Gasteiger charge is -2.43. The fraction of sp³-hybridized carbons (Fsp3) is 0.379. The molecule has 1 unspecified atom stereocenters. The van der Waals surface area contributed by atoms with E-state index in [0.29, 0.717) is 5.57 Å². The minimum atomic E-state index is -3.04. The molecular formula is C29H36O2Si. The highest BCUT2D eigenvalue weighted by atomic mass is 28.3. The molecule has 0 aliphatic heterocycles. The molecule has 0 spiro atoms. The van der Waals surface area contributed by atoms with Gasteiger partial charge in [-0.15, -0.1) is 5.73 Å². The van der Waals surface area contributed by atoms with E-state index in [4.69, 9.17) is 0 Å². The van der Waals surface area contributed by atoms with Gasteiger partial charge in [-0.1, -0.05) is 100 Å². The van der Waals surface area contributed by atoms with Crippen LogP contribution in [0.4, 0.5) is 0 Å². The Kier molecular flexibility index (Phi) is 7.90. The van der Waals surface area contributed by atoms with Crippen molar-refractivity contribution >= 4 is 23.9 Å². The van der Waals surface area contributed by atoms with E-state index < -0.39 is 14.2 Å². The van der Waals surface area contributed by atoms with Crippen LogP contribution in [0.1, 0.15) is 59.8 Å². The number of aliphatic hydroxyl groups excluding tert-OH is 1. The topological polar surface area (TPSA) is 37.3 Å². The summed E-state index contributed by atoms with van der Waals surface area (Å²) in [4.78, 5) is 14.8. The quantitative estimate of drug-likeness (QED) is 0.276. The molecule has 0 aromatic heterocycles. The number of carbonyl (C=O) groups excluding carboxylic acids is 1. The van der Waals surface area contributed by atoms with Crippen molar-refractivity contribution in [1.82, 2.24) is 0 Å². The van der Waals surface area contributed by atoms with Crippen LogP contribution in [-0.2, 0) is 4.79 Å². The molecule has 1 N–H and O–H groups in total. The summed E-state index contributed by atoms with van der Waals surface area (Å²) >= 11 is 0. The second kappa shape index (κ2) is 10.4. The lowest BCUT2D eigenvalue weighted by Crippen LogP contribution is -2.70. The fourth-order valence-electron chi connectivity index (χ4n) is 5.05.